The van der Waals surface area contributed by atoms with Crippen molar-refractivity contribution in [3.8, 4) is 0 Å². The molecule has 2 amide bonds. The van der Waals surface area contributed by atoms with Crippen LogP contribution < -0.4 is 11.1 Å². The summed E-state index contributed by atoms with van der Waals surface area (Å²) in [4.78, 5) is 24.5. The molecule has 0 atom stereocenters. The van der Waals surface area contributed by atoms with Crippen molar-refractivity contribution < 1.29 is 14.3 Å². The molecule has 1 aliphatic heterocycles. The van der Waals surface area contributed by atoms with E-state index in [1.807, 2.05) is 6.92 Å². The molecule has 2 rings (SSSR count). The highest BCUT2D eigenvalue weighted by molar-refractivity contribution is 5.92. The number of nitrogen functional groups attached to an aromatic ring is 1. The molecule has 0 unspecified atom stereocenters. The second kappa shape index (κ2) is 5.60. The number of rotatable bonds is 4. The quantitative estimate of drug-likeness (QED) is 0.803. The van der Waals surface area contributed by atoms with E-state index in [9.17, 15) is 9.59 Å². The maximum atomic E-state index is 11.8. The highest BCUT2D eigenvalue weighted by atomic mass is 16.6. The number of aryl methyl sites for hydroxylation is 1. The Morgan fingerprint density at radius 2 is 2.32 bits per heavy atom. The van der Waals surface area contributed by atoms with Crippen LogP contribution in [0.3, 0.4) is 0 Å². The zero-order chi connectivity index (χ0) is 13.8. The van der Waals surface area contributed by atoms with Gasteiger partial charge in [0.1, 0.15) is 6.61 Å². The van der Waals surface area contributed by atoms with Crippen LogP contribution in [-0.2, 0) is 9.53 Å². The minimum atomic E-state index is -0.350. The monoisotopic (exact) mass is 263 g/mol. The van der Waals surface area contributed by atoms with E-state index in [-0.39, 0.29) is 18.4 Å². The van der Waals surface area contributed by atoms with Gasteiger partial charge in [0.2, 0.25) is 5.91 Å². The molecule has 0 bridgehead atoms. The SMILES string of the molecule is Cc1cc(N)ccc1NC(=O)CCN1CCOC1=O. The fourth-order valence-electron chi connectivity index (χ4n) is 1.91. The van der Waals surface area contributed by atoms with Gasteiger partial charge in [0, 0.05) is 24.3 Å². The minimum Gasteiger partial charge on any atom is -0.448 e. The van der Waals surface area contributed by atoms with Gasteiger partial charge in [-0.05, 0) is 30.7 Å². The number of nitrogens with one attached hydrogen (secondary N) is 1. The number of anilines is 2. The van der Waals surface area contributed by atoms with Crippen molar-refractivity contribution >= 4 is 23.4 Å². The normalized spacial score (nSPS) is 14.4. The average molecular weight is 263 g/mol. The Balaban J connectivity index is 1.85. The number of benzene rings is 1. The predicted octanol–water partition coefficient (Wildman–Crippen LogP) is 1.36. The van der Waals surface area contributed by atoms with Gasteiger partial charge in [-0.25, -0.2) is 4.79 Å². The van der Waals surface area contributed by atoms with E-state index in [1.54, 1.807) is 18.2 Å². The van der Waals surface area contributed by atoms with Crippen LogP contribution in [0.5, 0.6) is 0 Å². The topological polar surface area (TPSA) is 84.7 Å². The first-order valence-corrected chi connectivity index (χ1v) is 6.14. The molecule has 102 valence electrons. The molecule has 0 radical (unpaired) electrons. The van der Waals surface area contributed by atoms with Gasteiger partial charge in [0.15, 0.2) is 0 Å². The molecule has 0 spiro atoms. The van der Waals surface area contributed by atoms with Gasteiger partial charge in [-0.2, -0.15) is 0 Å². The van der Waals surface area contributed by atoms with Crippen molar-refractivity contribution in [3.05, 3.63) is 23.8 Å². The molecule has 1 heterocycles. The number of carbonyl (C=O) groups excluding carboxylic acids is 2. The van der Waals surface area contributed by atoms with E-state index in [1.165, 1.54) is 4.90 Å². The van der Waals surface area contributed by atoms with Gasteiger partial charge in [0.05, 0.1) is 6.54 Å². The number of ether oxygens (including phenoxy) is 1. The number of nitrogens with zero attached hydrogens (tertiary/aromatic N) is 1. The van der Waals surface area contributed by atoms with Gasteiger partial charge in [0.25, 0.3) is 0 Å². The summed E-state index contributed by atoms with van der Waals surface area (Å²) in [6.07, 6.45) is -0.102. The van der Waals surface area contributed by atoms with Crippen LogP contribution in [-0.4, -0.2) is 36.6 Å². The van der Waals surface area contributed by atoms with Gasteiger partial charge >= 0.3 is 6.09 Å². The Morgan fingerprint density at radius 3 is 2.95 bits per heavy atom. The van der Waals surface area contributed by atoms with E-state index in [0.29, 0.717) is 25.4 Å². The van der Waals surface area contributed by atoms with Crippen LogP contribution in [0.1, 0.15) is 12.0 Å². The molecule has 1 aromatic rings. The molecular weight excluding hydrogens is 246 g/mol. The third-order valence-corrected chi connectivity index (χ3v) is 2.98. The molecule has 0 aliphatic carbocycles. The fraction of sp³-hybridized carbons (Fsp3) is 0.385. The summed E-state index contributed by atoms with van der Waals surface area (Å²) < 4.78 is 4.79. The van der Waals surface area contributed by atoms with Gasteiger partial charge < -0.3 is 20.7 Å². The lowest BCUT2D eigenvalue weighted by atomic mass is 10.2. The van der Waals surface area contributed by atoms with Crippen LogP contribution in [0, 0.1) is 6.92 Å². The van der Waals surface area contributed by atoms with E-state index in [0.717, 1.165) is 11.3 Å². The number of amides is 2. The van der Waals surface area contributed by atoms with Crippen LogP contribution in [0.2, 0.25) is 0 Å². The van der Waals surface area contributed by atoms with Crippen molar-refractivity contribution in [2.75, 3.05) is 30.7 Å². The number of hydrogen-bond acceptors (Lipinski definition) is 4. The summed E-state index contributed by atoms with van der Waals surface area (Å²) in [7, 11) is 0. The lowest BCUT2D eigenvalue weighted by Gasteiger charge is -2.13. The summed E-state index contributed by atoms with van der Waals surface area (Å²) >= 11 is 0. The highest BCUT2D eigenvalue weighted by Crippen LogP contribution is 2.17. The minimum absolute atomic E-state index is 0.132. The van der Waals surface area contributed by atoms with E-state index in [2.05, 4.69) is 5.32 Å². The molecule has 3 N–H and O–H groups in total. The molecule has 0 saturated carbocycles. The van der Waals surface area contributed by atoms with Crippen LogP contribution >= 0.6 is 0 Å². The average Bonchev–Trinajstić information content (AvgIpc) is 2.76. The second-order valence-electron chi connectivity index (χ2n) is 4.47. The Morgan fingerprint density at radius 1 is 1.53 bits per heavy atom. The van der Waals surface area contributed by atoms with E-state index >= 15 is 0 Å². The molecule has 1 fully saturated rings. The van der Waals surface area contributed by atoms with Gasteiger partial charge in [-0.15, -0.1) is 0 Å². The Bertz CT molecular complexity index is 502. The molecular formula is C13H17N3O3. The van der Waals surface area contributed by atoms with Crippen LogP contribution in [0.25, 0.3) is 0 Å². The first-order chi connectivity index (χ1) is 9.06. The summed E-state index contributed by atoms with van der Waals surface area (Å²) in [5, 5.41) is 2.80. The molecule has 0 aromatic heterocycles. The predicted molar refractivity (Wildman–Crippen MR) is 71.8 cm³/mol. The Labute approximate surface area is 111 Å². The van der Waals surface area contributed by atoms with Crippen LogP contribution in [0.15, 0.2) is 18.2 Å². The largest absolute Gasteiger partial charge is 0.448 e. The summed E-state index contributed by atoms with van der Waals surface area (Å²) in [5.41, 5.74) is 7.96. The summed E-state index contributed by atoms with van der Waals surface area (Å²) in [6.45, 7) is 3.20. The van der Waals surface area contributed by atoms with Gasteiger partial charge in [-0.3, -0.25) is 4.79 Å². The number of carbonyl (C=O) groups is 2. The molecule has 6 nitrogen and oxygen atoms in total. The van der Waals surface area contributed by atoms with E-state index in [4.69, 9.17) is 10.5 Å². The van der Waals surface area contributed by atoms with Crippen molar-refractivity contribution in [2.45, 2.75) is 13.3 Å². The zero-order valence-electron chi connectivity index (χ0n) is 10.8. The maximum absolute atomic E-state index is 11.8. The molecule has 6 heteroatoms. The lowest BCUT2D eigenvalue weighted by Crippen LogP contribution is -2.28. The molecule has 1 saturated heterocycles. The smallest absolute Gasteiger partial charge is 0.409 e. The van der Waals surface area contributed by atoms with E-state index < -0.39 is 0 Å². The summed E-state index contributed by atoms with van der Waals surface area (Å²) in [6, 6.07) is 5.31. The maximum Gasteiger partial charge on any atom is 0.409 e. The first-order valence-electron chi connectivity index (χ1n) is 6.14. The summed E-state index contributed by atoms with van der Waals surface area (Å²) in [5.74, 6) is -0.132. The number of hydrogen-bond donors (Lipinski definition) is 2. The Hall–Kier alpha value is -2.24. The first kappa shape index (κ1) is 13.2. The Kier molecular flexibility index (Phi) is 3.89. The van der Waals surface area contributed by atoms with Crippen molar-refractivity contribution in [2.24, 2.45) is 0 Å². The lowest BCUT2D eigenvalue weighted by molar-refractivity contribution is -0.116. The molecule has 1 aliphatic rings. The third kappa shape index (κ3) is 3.37. The van der Waals surface area contributed by atoms with Crippen molar-refractivity contribution in [1.82, 2.24) is 4.90 Å². The fourth-order valence-corrected chi connectivity index (χ4v) is 1.91. The molecule has 1 aromatic carbocycles. The molecule has 19 heavy (non-hydrogen) atoms. The third-order valence-electron chi connectivity index (χ3n) is 2.98. The number of cyclic esters (lactones) is 1. The zero-order valence-corrected chi connectivity index (χ0v) is 10.8. The number of nitrogens with two attached hydrogens (primary N) is 1. The van der Waals surface area contributed by atoms with Crippen molar-refractivity contribution in [1.29, 1.82) is 0 Å². The highest BCUT2D eigenvalue weighted by Gasteiger charge is 2.22. The van der Waals surface area contributed by atoms with Crippen molar-refractivity contribution in [3.63, 3.8) is 0 Å². The van der Waals surface area contributed by atoms with Crippen LogP contribution in [0.4, 0.5) is 16.2 Å². The van der Waals surface area contributed by atoms with Gasteiger partial charge in [-0.1, -0.05) is 0 Å². The second-order valence-corrected chi connectivity index (χ2v) is 4.47. The standard InChI is InChI=1S/C13H17N3O3/c1-9-8-10(14)2-3-11(9)15-12(17)4-5-16-6-7-19-13(16)18/h2-3,8H,4-7,14H2,1H3,(H,15,17).